The number of hydrogen-bond donors (Lipinski definition) is 2. The van der Waals surface area contributed by atoms with E-state index in [1.54, 1.807) is 30.3 Å². The molecule has 3 aromatic carbocycles. The molecule has 1 atom stereocenters. The lowest BCUT2D eigenvalue weighted by atomic mass is 9.95. The molecular formula is C26H25ClN2O3. The molecule has 0 saturated heterocycles. The van der Waals surface area contributed by atoms with Crippen molar-refractivity contribution in [3.8, 4) is 5.75 Å². The van der Waals surface area contributed by atoms with Crippen LogP contribution in [0.5, 0.6) is 5.75 Å². The van der Waals surface area contributed by atoms with Crippen molar-refractivity contribution in [3.63, 3.8) is 0 Å². The average Bonchev–Trinajstić information content (AvgIpc) is 2.82. The Kier molecular flexibility index (Phi) is 7.07. The highest BCUT2D eigenvalue weighted by molar-refractivity contribution is 6.30. The van der Waals surface area contributed by atoms with Gasteiger partial charge in [0.25, 0.3) is 5.91 Å². The van der Waals surface area contributed by atoms with Crippen LogP contribution >= 0.6 is 11.6 Å². The van der Waals surface area contributed by atoms with Gasteiger partial charge in [-0.1, -0.05) is 41.9 Å². The Hall–Kier alpha value is -3.31. The van der Waals surface area contributed by atoms with E-state index < -0.39 is 0 Å². The fraction of sp³-hybridized carbons (Fsp3) is 0.231. The van der Waals surface area contributed by atoms with Crippen molar-refractivity contribution in [3.05, 3.63) is 94.5 Å². The van der Waals surface area contributed by atoms with Gasteiger partial charge in [-0.2, -0.15) is 0 Å². The van der Waals surface area contributed by atoms with Gasteiger partial charge in [-0.15, -0.1) is 0 Å². The molecule has 5 nitrogen and oxygen atoms in total. The van der Waals surface area contributed by atoms with E-state index >= 15 is 0 Å². The molecule has 32 heavy (non-hydrogen) atoms. The van der Waals surface area contributed by atoms with Crippen LogP contribution in [0.3, 0.4) is 0 Å². The number of halogens is 1. The molecule has 1 unspecified atom stereocenters. The molecule has 1 aliphatic rings. The first-order valence-corrected chi connectivity index (χ1v) is 11.1. The van der Waals surface area contributed by atoms with Gasteiger partial charge in [0.05, 0.1) is 5.92 Å². The highest BCUT2D eigenvalue weighted by Crippen LogP contribution is 2.30. The summed E-state index contributed by atoms with van der Waals surface area (Å²) >= 11 is 5.88. The largest absolute Gasteiger partial charge is 0.492 e. The lowest BCUT2D eigenvalue weighted by molar-refractivity contribution is -0.126. The summed E-state index contributed by atoms with van der Waals surface area (Å²) < 4.78 is 5.80. The lowest BCUT2D eigenvalue weighted by Gasteiger charge is -2.25. The average molecular weight is 449 g/mol. The SMILES string of the molecule is O=C(Nc1ccc2c(c1)CC(C(=O)NCCCc1ccccc1)CO2)c1ccc(Cl)cc1. The highest BCUT2D eigenvalue weighted by atomic mass is 35.5. The van der Waals surface area contributed by atoms with Gasteiger partial charge >= 0.3 is 0 Å². The van der Waals surface area contributed by atoms with E-state index in [1.807, 2.05) is 30.3 Å². The molecular weight excluding hydrogens is 424 g/mol. The van der Waals surface area contributed by atoms with Crippen LogP contribution < -0.4 is 15.4 Å². The number of fused-ring (bicyclic) bond motifs is 1. The summed E-state index contributed by atoms with van der Waals surface area (Å²) in [6.45, 7) is 0.988. The normalized spacial score (nSPS) is 14.7. The summed E-state index contributed by atoms with van der Waals surface area (Å²) in [4.78, 5) is 25.1. The molecule has 6 heteroatoms. The maximum Gasteiger partial charge on any atom is 0.255 e. The summed E-state index contributed by atoms with van der Waals surface area (Å²) in [5.74, 6) is 0.287. The van der Waals surface area contributed by atoms with Crippen LogP contribution in [0.1, 0.15) is 27.9 Å². The van der Waals surface area contributed by atoms with E-state index in [4.69, 9.17) is 16.3 Å². The standard InChI is InChI=1S/C26H25ClN2O3/c27-22-10-8-19(9-11-22)26(31)29-23-12-13-24-20(16-23)15-21(17-32-24)25(30)28-14-4-7-18-5-2-1-3-6-18/h1-3,5-6,8-13,16,21H,4,7,14-15,17H2,(H,28,30)(H,29,31). The van der Waals surface area contributed by atoms with Gasteiger partial charge in [0.15, 0.2) is 0 Å². The first-order valence-electron chi connectivity index (χ1n) is 10.7. The number of nitrogens with one attached hydrogen (secondary N) is 2. The fourth-order valence-corrected chi connectivity index (χ4v) is 3.86. The van der Waals surface area contributed by atoms with Gasteiger partial charge in [-0.25, -0.2) is 0 Å². The van der Waals surface area contributed by atoms with Crippen molar-refractivity contribution in [1.82, 2.24) is 5.32 Å². The molecule has 2 N–H and O–H groups in total. The molecule has 4 rings (SSSR count). The van der Waals surface area contributed by atoms with E-state index in [2.05, 4.69) is 22.8 Å². The maximum atomic E-state index is 12.6. The number of benzene rings is 3. The monoisotopic (exact) mass is 448 g/mol. The van der Waals surface area contributed by atoms with Crippen LogP contribution in [0.25, 0.3) is 0 Å². The summed E-state index contributed by atoms with van der Waals surface area (Å²) in [5, 5.41) is 6.50. The van der Waals surface area contributed by atoms with Crippen LogP contribution in [0.4, 0.5) is 5.69 Å². The van der Waals surface area contributed by atoms with E-state index in [9.17, 15) is 9.59 Å². The number of aryl methyl sites for hydroxylation is 1. The highest BCUT2D eigenvalue weighted by Gasteiger charge is 2.26. The smallest absolute Gasteiger partial charge is 0.255 e. The van der Waals surface area contributed by atoms with Crippen LogP contribution in [0, 0.1) is 5.92 Å². The van der Waals surface area contributed by atoms with Crippen molar-refractivity contribution < 1.29 is 14.3 Å². The van der Waals surface area contributed by atoms with Gasteiger partial charge in [-0.3, -0.25) is 9.59 Å². The van der Waals surface area contributed by atoms with Crippen molar-refractivity contribution in [1.29, 1.82) is 0 Å². The Morgan fingerprint density at radius 3 is 2.56 bits per heavy atom. The number of anilines is 1. The molecule has 0 fully saturated rings. The summed E-state index contributed by atoms with van der Waals surface area (Å²) in [6.07, 6.45) is 2.40. The second-order valence-corrected chi connectivity index (χ2v) is 8.31. The molecule has 0 spiro atoms. The number of ether oxygens (including phenoxy) is 1. The second-order valence-electron chi connectivity index (χ2n) is 7.88. The zero-order valence-electron chi connectivity index (χ0n) is 17.6. The molecule has 0 bridgehead atoms. The number of carbonyl (C=O) groups excluding carboxylic acids is 2. The van der Waals surface area contributed by atoms with Gasteiger partial charge in [0.2, 0.25) is 5.91 Å². The first-order chi connectivity index (χ1) is 15.6. The second kappa shape index (κ2) is 10.3. The first kappa shape index (κ1) is 21.9. The zero-order chi connectivity index (χ0) is 22.3. The minimum atomic E-state index is -0.249. The number of amides is 2. The number of rotatable bonds is 7. The Morgan fingerprint density at radius 1 is 1.00 bits per heavy atom. The Balaban J connectivity index is 1.30. The van der Waals surface area contributed by atoms with Crippen molar-refractivity contribution >= 4 is 29.1 Å². The van der Waals surface area contributed by atoms with Gasteiger partial charge in [0, 0.05) is 22.8 Å². The summed E-state index contributed by atoms with van der Waals surface area (Å²) in [6, 6.07) is 22.5. The molecule has 2 amide bonds. The zero-order valence-corrected chi connectivity index (χ0v) is 18.4. The Bertz CT molecular complexity index is 1080. The molecule has 3 aromatic rings. The van der Waals surface area contributed by atoms with Gasteiger partial charge in [-0.05, 0) is 72.9 Å². The molecule has 1 heterocycles. The molecule has 0 saturated carbocycles. The van der Waals surface area contributed by atoms with Crippen molar-refractivity contribution in [2.45, 2.75) is 19.3 Å². The van der Waals surface area contributed by atoms with Crippen molar-refractivity contribution in [2.24, 2.45) is 5.92 Å². The quantitative estimate of drug-likeness (QED) is 0.505. The van der Waals surface area contributed by atoms with Crippen LogP contribution in [0.2, 0.25) is 5.02 Å². The third-order valence-electron chi connectivity index (χ3n) is 5.49. The van der Waals surface area contributed by atoms with Crippen molar-refractivity contribution in [2.75, 3.05) is 18.5 Å². The molecule has 0 aromatic heterocycles. The topological polar surface area (TPSA) is 67.4 Å². The van der Waals surface area contributed by atoms with Crippen LogP contribution in [0.15, 0.2) is 72.8 Å². The van der Waals surface area contributed by atoms with Gasteiger partial charge < -0.3 is 15.4 Å². The van der Waals surface area contributed by atoms with E-state index in [0.717, 1.165) is 24.2 Å². The number of hydrogen-bond acceptors (Lipinski definition) is 3. The maximum absolute atomic E-state index is 12.6. The number of carbonyl (C=O) groups is 2. The fourth-order valence-electron chi connectivity index (χ4n) is 3.74. The minimum absolute atomic E-state index is 0.000635. The molecule has 1 aliphatic heterocycles. The lowest BCUT2D eigenvalue weighted by Crippen LogP contribution is -2.37. The van der Waals surface area contributed by atoms with Crippen LogP contribution in [-0.4, -0.2) is 25.0 Å². The van der Waals surface area contributed by atoms with E-state index in [1.165, 1.54) is 5.56 Å². The molecule has 164 valence electrons. The minimum Gasteiger partial charge on any atom is -0.492 e. The Labute approximate surface area is 192 Å². The Morgan fingerprint density at radius 2 is 1.78 bits per heavy atom. The molecule has 0 radical (unpaired) electrons. The predicted molar refractivity (Wildman–Crippen MR) is 126 cm³/mol. The van der Waals surface area contributed by atoms with Gasteiger partial charge in [0.1, 0.15) is 12.4 Å². The molecule has 0 aliphatic carbocycles. The third-order valence-corrected chi connectivity index (χ3v) is 5.74. The summed E-state index contributed by atoms with van der Waals surface area (Å²) in [7, 11) is 0. The third kappa shape index (κ3) is 5.68. The van der Waals surface area contributed by atoms with Crippen LogP contribution in [-0.2, 0) is 17.6 Å². The van der Waals surface area contributed by atoms with E-state index in [-0.39, 0.29) is 17.7 Å². The summed E-state index contributed by atoms with van der Waals surface area (Å²) in [5.41, 5.74) is 3.37. The predicted octanol–water partition coefficient (Wildman–Crippen LogP) is 4.89. The van der Waals surface area contributed by atoms with E-state index in [0.29, 0.717) is 35.8 Å².